The molecule has 0 saturated carbocycles. The average Bonchev–Trinajstić information content (AvgIpc) is 2.66. The van der Waals surface area contributed by atoms with Gasteiger partial charge in [0.05, 0.1) is 24.3 Å². The van der Waals surface area contributed by atoms with E-state index < -0.39 is 0 Å². The molecule has 0 aliphatic heterocycles. The molecule has 1 N–H and O–H groups in total. The van der Waals surface area contributed by atoms with Crippen LogP contribution in [0.4, 0.5) is 0 Å². The van der Waals surface area contributed by atoms with E-state index in [1.54, 1.807) is 17.5 Å². The maximum Gasteiger partial charge on any atom is 0.220 e. The number of fused-ring (bicyclic) bond motifs is 3. The number of nitrogens with zero attached hydrogens (tertiary/aromatic N) is 1. The van der Waals surface area contributed by atoms with Crippen molar-refractivity contribution in [2.75, 3.05) is 0 Å². The van der Waals surface area contributed by atoms with Crippen molar-refractivity contribution in [3.8, 4) is 5.88 Å². The number of pyridine rings is 1. The van der Waals surface area contributed by atoms with Crippen molar-refractivity contribution in [2.45, 2.75) is 0 Å². The van der Waals surface area contributed by atoms with Crippen molar-refractivity contribution >= 4 is 59.0 Å². The van der Waals surface area contributed by atoms with E-state index in [2.05, 4.69) is 20.9 Å². The Labute approximate surface area is 109 Å². The summed E-state index contributed by atoms with van der Waals surface area (Å²) in [5.41, 5.74) is 0. The molecule has 0 amide bonds. The molecule has 3 rings (SSSR count). The van der Waals surface area contributed by atoms with Gasteiger partial charge in [-0.25, -0.2) is 4.98 Å². The molecule has 0 radical (unpaired) electrons. The van der Waals surface area contributed by atoms with Crippen LogP contribution in [0.25, 0.3) is 20.2 Å². The Balaban J connectivity index is 2.66. The zero-order valence-electron chi connectivity index (χ0n) is 7.87. The van der Waals surface area contributed by atoms with E-state index in [4.69, 9.17) is 11.6 Å². The SMILES string of the molecule is Oc1ncc(Br)c2sc3c(Cl)cccc3c12. The van der Waals surface area contributed by atoms with Gasteiger partial charge in [-0.2, -0.15) is 0 Å². The lowest BCUT2D eigenvalue weighted by Gasteiger charge is -1.96. The summed E-state index contributed by atoms with van der Waals surface area (Å²) in [4.78, 5) is 3.93. The van der Waals surface area contributed by atoms with Crippen LogP contribution in [0.5, 0.6) is 5.88 Å². The molecular weight excluding hydrogens is 310 g/mol. The predicted molar refractivity (Wildman–Crippen MR) is 71.5 cm³/mol. The standard InChI is InChI=1S/C11H5BrClNOS/c12-6-4-14-11(15)8-5-2-1-3-7(13)9(5)16-10(6)8/h1-4H,(H,14,15). The molecular formula is C11H5BrClNOS. The van der Waals surface area contributed by atoms with Crippen molar-refractivity contribution in [2.24, 2.45) is 0 Å². The van der Waals surface area contributed by atoms with E-state index in [0.717, 1.165) is 24.6 Å². The molecule has 80 valence electrons. The van der Waals surface area contributed by atoms with Gasteiger partial charge in [-0.15, -0.1) is 11.3 Å². The van der Waals surface area contributed by atoms with E-state index >= 15 is 0 Å². The molecule has 5 heteroatoms. The first-order chi connectivity index (χ1) is 7.68. The Kier molecular flexibility index (Phi) is 2.31. The number of aromatic nitrogens is 1. The van der Waals surface area contributed by atoms with Crippen LogP contribution in [0.1, 0.15) is 0 Å². The number of halogens is 2. The van der Waals surface area contributed by atoms with Gasteiger partial charge in [0.25, 0.3) is 0 Å². The van der Waals surface area contributed by atoms with E-state index in [1.165, 1.54) is 0 Å². The molecule has 0 aliphatic carbocycles. The van der Waals surface area contributed by atoms with Gasteiger partial charge in [-0.05, 0) is 22.0 Å². The predicted octanol–water partition coefficient (Wildman–Crippen LogP) is 4.57. The summed E-state index contributed by atoms with van der Waals surface area (Å²) < 4.78 is 2.82. The number of rotatable bonds is 0. The quantitative estimate of drug-likeness (QED) is 0.659. The van der Waals surface area contributed by atoms with E-state index in [0.29, 0.717) is 5.02 Å². The first kappa shape index (κ1) is 10.3. The Hall–Kier alpha value is -0.840. The lowest BCUT2D eigenvalue weighted by Crippen LogP contribution is -1.76. The topological polar surface area (TPSA) is 33.1 Å². The fourth-order valence-electron chi connectivity index (χ4n) is 1.72. The summed E-state index contributed by atoms with van der Waals surface area (Å²) in [7, 11) is 0. The minimum absolute atomic E-state index is 0.0479. The summed E-state index contributed by atoms with van der Waals surface area (Å²) in [5.74, 6) is 0.0479. The van der Waals surface area contributed by atoms with Gasteiger partial charge in [0, 0.05) is 11.6 Å². The van der Waals surface area contributed by atoms with Crippen molar-refractivity contribution in [1.82, 2.24) is 4.98 Å². The van der Waals surface area contributed by atoms with Crippen molar-refractivity contribution < 1.29 is 5.11 Å². The molecule has 3 aromatic rings. The van der Waals surface area contributed by atoms with Crippen LogP contribution in [-0.2, 0) is 0 Å². The number of hydrogen-bond acceptors (Lipinski definition) is 3. The van der Waals surface area contributed by atoms with Gasteiger partial charge in [0.2, 0.25) is 5.88 Å². The summed E-state index contributed by atoms with van der Waals surface area (Å²) in [6.07, 6.45) is 1.60. The molecule has 0 aliphatic rings. The van der Waals surface area contributed by atoms with E-state index in [-0.39, 0.29) is 5.88 Å². The van der Waals surface area contributed by atoms with E-state index in [9.17, 15) is 5.11 Å². The lowest BCUT2D eigenvalue weighted by atomic mass is 10.2. The molecule has 2 aromatic heterocycles. The van der Waals surface area contributed by atoms with Gasteiger partial charge < -0.3 is 5.11 Å². The third-order valence-corrected chi connectivity index (χ3v) is 4.97. The molecule has 2 heterocycles. The minimum atomic E-state index is 0.0479. The fourth-order valence-corrected chi connectivity index (χ4v) is 3.65. The average molecular weight is 315 g/mol. The highest BCUT2D eigenvalue weighted by Crippen LogP contribution is 2.43. The summed E-state index contributed by atoms with van der Waals surface area (Å²) in [6.45, 7) is 0. The van der Waals surface area contributed by atoms with E-state index in [1.807, 2.05) is 18.2 Å². The monoisotopic (exact) mass is 313 g/mol. The number of benzene rings is 1. The second kappa shape index (κ2) is 3.58. The molecule has 1 aromatic carbocycles. The molecule has 0 unspecified atom stereocenters. The fraction of sp³-hybridized carbons (Fsp3) is 0. The van der Waals surface area contributed by atoms with Gasteiger partial charge in [0.1, 0.15) is 0 Å². The summed E-state index contributed by atoms with van der Waals surface area (Å²) >= 11 is 11.1. The molecule has 16 heavy (non-hydrogen) atoms. The zero-order chi connectivity index (χ0) is 11.3. The van der Waals surface area contributed by atoms with Crippen molar-refractivity contribution in [3.05, 3.63) is 33.9 Å². The smallest absolute Gasteiger partial charge is 0.220 e. The normalized spacial score (nSPS) is 11.4. The van der Waals surface area contributed by atoms with Crippen LogP contribution in [-0.4, -0.2) is 10.1 Å². The molecule has 0 spiro atoms. The van der Waals surface area contributed by atoms with Crippen LogP contribution < -0.4 is 0 Å². The minimum Gasteiger partial charge on any atom is -0.493 e. The van der Waals surface area contributed by atoms with Gasteiger partial charge in [-0.1, -0.05) is 23.7 Å². The van der Waals surface area contributed by atoms with Crippen LogP contribution in [0, 0.1) is 0 Å². The zero-order valence-corrected chi connectivity index (χ0v) is 11.0. The molecule has 0 atom stereocenters. The second-order valence-corrected chi connectivity index (χ2v) is 5.63. The summed E-state index contributed by atoms with van der Waals surface area (Å²) in [6, 6.07) is 5.66. The van der Waals surface area contributed by atoms with Crippen LogP contribution in [0.2, 0.25) is 5.02 Å². The Morgan fingerprint density at radius 2 is 2.12 bits per heavy atom. The van der Waals surface area contributed by atoms with Gasteiger partial charge in [0.15, 0.2) is 0 Å². The van der Waals surface area contributed by atoms with Crippen LogP contribution in [0.3, 0.4) is 0 Å². The lowest BCUT2D eigenvalue weighted by molar-refractivity contribution is 0.461. The van der Waals surface area contributed by atoms with Crippen molar-refractivity contribution in [1.29, 1.82) is 0 Å². The molecule has 2 nitrogen and oxygen atoms in total. The van der Waals surface area contributed by atoms with Crippen LogP contribution >= 0.6 is 38.9 Å². The number of hydrogen-bond donors (Lipinski definition) is 1. The summed E-state index contributed by atoms with van der Waals surface area (Å²) in [5, 5.41) is 12.2. The highest BCUT2D eigenvalue weighted by atomic mass is 79.9. The van der Waals surface area contributed by atoms with Gasteiger partial charge in [-0.3, -0.25) is 0 Å². The third-order valence-electron chi connectivity index (χ3n) is 2.41. The van der Waals surface area contributed by atoms with Gasteiger partial charge >= 0.3 is 0 Å². The number of thiophene rings is 1. The first-order valence-electron chi connectivity index (χ1n) is 4.52. The first-order valence-corrected chi connectivity index (χ1v) is 6.51. The molecule has 0 bridgehead atoms. The molecule has 0 saturated heterocycles. The Bertz CT molecular complexity index is 710. The maximum absolute atomic E-state index is 9.81. The Morgan fingerprint density at radius 3 is 2.94 bits per heavy atom. The largest absolute Gasteiger partial charge is 0.493 e. The van der Waals surface area contributed by atoms with Crippen molar-refractivity contribution in [3.63, 3.8) is 0 Å². The number of aromatic hydroxyl groups is 1. The van der Waals surface area contributed by atoms with Crippen LogP contribution in [0.15, 0.2) is 28.9 Å². The maximum atomic E-state index is 9.81. The second-order valence-electron chi connectivity index (χ2n) is 3.35. The Morgan fingerprint density at radius 1 is 1.31 bits per heavy atom. The molecule has 0 fully saturated rings. The highest BCUT2D eigenvalue weighted by Gasteiger charge is 2.14. The highest BCUT2D eigenvalue weighted by molar-refractivity contribution is 9.10. The third kappa shape index (κ3) is 1.34.